The van der Waals surface area contributed by atoms with Crippen LogP contribution in [0.25, 0.3) is 0 Å². The molecule has 0 saturated heterocycles. The van der Waals surface area contributed by atoms with Gasteiger partial charge in [-0.05, 0) is 12.6 Å². The zero-order chi connectivity index (χ0) is 12.3. The maximum absolute atomic E-state index is 6.15. The van der Waals surface area contributed by atoms with Crippen LogP contribution in [0.15, 0.2) is 24.7 Å². The molecule has 0 aromatic carbocycles. The first kappa shape index (κ1) is 12.0. The van der Waals surface area contributed by atoms with Crippen LogP contribution in [0.2, 0.25) is 5.02 Å². The lowest BCUT2D eigenvalue weighted by Gasteiger charge is -2.17. The van der Waals surface area contributed by atoms with Gasteiger partial charge in [-0.15, -0.1) is 0 Å². The molecule has 2 heterocycles. The van der Waals surface area contributed by atoms with Crippen molar-refractivity contribution < 1.29 is 0 Å². The molecule has 5 nitrogen and oxygen atoms in total. The zero-order valence-corrected chi connectivity index (χ0v) is 10.5. The number of rotatable bonds is 4. The fourth-order valence-electron chi connectivity index (χ4n) is 1.72. The third-order valence-electron chi connectivity index (χ3n) is 2.46. The van der Waals surface area contributed by atoms with Crippen LogP contribution in [0.4, 0.5) is 0 Å². The highest BCUT2D eigenvalue weighted by Gasteiger charge is 2.22. The number of hydrogen-bond donors (Lipinski definition) is 1. The number of halogens is 1. The summed E-state index contributed by atoms with van der Waals surface area (Å²) in [7, 11) is 1.86. The molecular weight excluding hydrogens is 238 g/mol. The molecule has 2 aromatic rings. The van der Waals surface area contributed by atoms with Crippen LogP contribution >= 0.6 is 11.6 Å². The van der Waals surface area contributed by atoms with E-state index in [0.29, 0.717) is 10.8 Å². The summed E-state index contributed by atoms with van der Waals surface area (Å²) in [6.07, 6.45) is 5.07. The first-order chi connectivity index (χ1) is 8.24. The predicted octanol–water partition coefficient (Wildman–Crippen LogP) is 1.56. The Kier molecular flexibility index (Phi) is 3.71. The second-order valence-electron chi connectivity index (χ2n) is 3.60. The molecule has 0 aliphatic carbocycles. The van der Waals surface area contributed by atoms with Gasteiger partial charge in [-0.25, -0.2) is 9.97 Å². The van der Waals surface area contributed by atoms with E-state index in [9.17, 15) is 0 Å². The van der Waals surface area contributed by atoms with Gasteiger partial charge >= 0.3 is 0 Å². The van der Waals surface area contributed by atoms with E-state index in [1.54, 1.807) is 29.3 Å². The van der Waals surface area contributed by atoms with Gasteiger partial charge in [0.15, 0.2) is 5.82 Å². The Morgan fingerprint density at radius 3 is 2.65 bits per heavy atom. The molecule has 90 valence electrons. The summed E-state index contributed by atoms with van der Waals surface area (Å²) < 4.78 is 1.74. The Morgan fingerprint density at radius 2 is 2.12 bits per heavy atom. The van der Waals surface area contributed by atoms with Gasteiger partial charge in [0.05, 0.1) is 16.9 Å². The molecule has 0 fully saturated rings. The van der Waals surface area contributed by atoms with Gasteiger partial charge in [0.1, 0.15) is 6.04 Å². The molecule has 2 rings (SSSR count). The molecule has 0 saturated carbocycles. The van der Waals surface area contributed by atoms with E-state index >= 15 is 0 Å². The fraction of sp³-hybridized carbons (Fsp3) is 0.364. The van der Waals surface area contributed by atoms with Crippen molar-refractivity contribution in [2.24, 2.45) is 7.05 Å². The maximum Gasteiger partial charge on any atom is 0.151 e. The Labute approximate surface area is 105 Å². The van der Waals surface area contributed by atoms with E-state index in [1.807, 2.05) is 14.0 Å². The van der Waals surface area contributed by atoms with Crippen LogP contribution in [0.3, 0.4) is 0 Å². The van der Waals surface area contributed by atoms with Crippen molar-refractivity contribution in [3.63, 3.8) is 0 Å². The molecule has 6 heteroatoms. The summed E-state index contributed by atoms with van der Waals surface area (Å²) in [4.78, 5) is 8.53. The van der Waals surface area contributed by atoms with Gasteiger partial charge in [0.2, 0.25) is 0 Å². The van der Waals surface area contributed by atoms with E-state index in [1.165, 1.54) is 0 Å². The van der Waals surface area contributed by atoms with Crippen molar-refractivity contribution in [1.82, 2.24) is 25.1 Å². The number of aromatic nitrogens is 4. The predicted molar refractivity (Wildman–Crippen MR) is 65.8 cm³/mol. The molecule has 0 aliphatic heterocycles. The highest BCUT2D eigenvalue weighted by Crippen LogP contribution is 2.25. The van der Waals surface area contributed by atoms with Crippen molar-refractivity contribution in [3.05, 3.63) is 41.2 Å². The largest absolute Gasteiger partial charge is 0.303 e. The Bertz CT molecular complexity index is 462. The number of aryl methyl sites for hydroxylation is 1. The van der Waals surface area contributed by atoms with Crippen LogP contribution in [0, 0.1) is 0 Å². The molecule has 0 bridgehead atoms. The van der Waals surface area contributed by atoms with Gasteiger partial charge in [0.25, 0.3) is 0 Å². The van der Waals surface area contributed by atoms with E-state index in [0.717, 1.165) is 12.2 Å². The molecule has 0 amide bonds. The summed E-state index contributed by atoms with van der Waals surface area (Å²) in [5.41, 5.74) is 0.875. The van der Waals surface area contributed by atoms with Gasteiger partial charge < -0.3 is 5.32 Å². The Morgan fingerprint density at radius 1 is 1.41 bits per heavy atom. The number of hydrogen-bond acceptors (Lipinski definition) is 4. The minimum atomic E-state index is -0.138. The standard InChI is InChI=1S/C11H14ClN5/c1-3-13-9(11-14-5-4-6-15-11)10-8(12)7-16-17(10)2/h4-7,9,13H,3H2,1-2H3. The molecule has 1 unspecified atom stereocenters. The normalized spacial score (nSPS) is 12.6. The van der Waals surface area contributed by atoms with Crippen LogP contribution in [-0.2, 0) is 7.05 Å². The SMILES string of the molecule is CCNC(c1ncccn1)c1c(Cl)cnn1C. The molecule has 0 spiro atoms. The molecular formula is C11H14ClN5. The van der Waals surface area contributed by atoms with Crippen LogP contribution in [0.1, 0.15) is 24.5 Å². The Hall–Kier alpha value is -1.46. The van der Waals surface area contributed by atoms with Gasteiger partial charge in [-0.1, -0.05) is 18.5 Å². The van der Waals surface area contributed by atoms with Gasteiger partial charge in [0, 0.05) is 19.4 Å². The molecule has 1 N–H and O–H groups in total. The molecule has 0 aliphatic rings. The molecule has 17 heavy (non-hydrogen) atoms. The van der Waals surface area contributed by atoms with Crippen molar-refractivity contribution in [3.8, 4) is 0 Å². The summed E-state index contributed by atoms with van der Waals surface area (Å²) in [5, 5.41) is 8.06. The minimum absolute atomic E-state index is 0.138. The lowest BCUT2D eigenvalue weighted by Crippen LogP contribution is -2.26. The van der Waals surface area contributed by atoms with Crippen LogP contribution < -0.4 is 5.32 Å². The van der Waals surface area contributed by atoms with E-state index in [2.05, 4.69) is 20.4 Å². The van der Waals surface area contributed by atoms with Crippen LogP contribution in [-0.4, -0.2) is 26.3 Å². The first-order valence-corrected chi connectivity index (χ1v) is 5.79. The van der Waals surface area contributed by atoms with E-state index < -0.39 is 0 Å². The van der Waals surface area contributed by atoms with Crippen molar-refractivity contribution in [2.75, 3.05) is 6.54 Å². The van der Waals surface area contributed by atoms with E-state index in [4.69, 9.17) is 11.6 Å². The van der Waals surface area contributed by atoms with Crippen molar-refractivity contribution in [1.29, 1.82) is 0 Å². The summed E-state index contributed by atoms with van der Waals surface area (Å²) in [6, 6.07) is 1.65. The van der Waals surface area contributed by atoms with Crippen molar-refractivity contribution >= 4 is 11.6 Å². The van der Waals surface area contributed by atoms with Gasteiger partial charge in [-0.2, -0.15) is 5.10 Å². The van der Waals surface area contributed by atoms with Crippen molar-refractivity contribution in [2.45, 2.75) is 13.0 Å². The molecule has 1 atom stereocenters. The second kappa shape index (κ2) is 5.25. The maximum atomic E-state index is 6.15. The highest BCUT2D eigenvalue weighted by atomic mass is 35.5. The first-order valence-electron chi connectivity index (χ1n) is 5.41. The minimum Gasteiger partial charge on any atom is -0.303 e. The summed E-state index contributed by atoms with van der Waals surface area (Å²) >= 11 is 6.15. The van der Waals surface area contributed by atoms with E-state index in [-0.39, 0.29) is 6.04 Å². The molecule has 0 radical (unpaired) electrons. The summed E-state index contributed by atoms with van der Waals surface area (Å²) in [5.74, 6) is 0.694. The lowest BCUT2D eigenvalue weighted by molar-refractivity contribution is 0.548. The quantitative estimate of drug-likeness (QED) is 0.896. The third-order valence-corrected chi connectivity index (χ3v) is 2.75. The Balaban J connectivity index is 2.43. The highest BCUT2D eigenvalue weighted by molar-refractivity contribution is 6.31. The summed E-state index contributed by atoms with van der Waals surface area (Å²) in [6.45, 7) is 2.82. The molecule has 2 aromatic heterocycles. The smallest absolute Gasteiger partial charge is 0.151 e. The second-order valence-corrected chi connectivity index (χ2v) is 4.01. The monoisotopic (exact) mass is 251 g/mol. The number of nitrogens with one attached hydrogen (secondary N) is 1. The average molecular weight is 252 g/mol. The average Bonchev–Trinajstić information content (AvgIpc) is 2.68. The fourth-order valence-corrected chi connectivity index (χ4v) is 1.99. The van der Waals surface area contributed by atoms with Crippen LogP contribution in [0.5, 0.6) is 0 Å². The lowest BCUT2D eigenvalue weighted by atomic mass is 10.2. The third kappa shape index (κ3) is 2.45. The topological polar surface area (TPSA) is 55.6 Å². The zero-order valence-electron chi connectivity index (χ0n) is 9.76. The number of nitrogens with zero attached hydrogens (tertiary/aromatic N) is 4. The van der Waals surface area contributed by atoms with Gasteiger partial charge in [-0.3, -0.25) is 4.68 Å².